The molecule has 0 aliphatic carbocycles. The maximum atomic E-state index is 5.73. The minimum Gasteiger partial charge on any atom is -0.439 e. The van der Waals surface area contributed by atoms with E-state index in [9.17, 15) is 0 Å². The highest BCUT2D eigenvalue weighted by molar-refractivity contribution is 6.16. The van der Waals surface area contributed by atoms with Gasteiger partial charge in [0.25, 0.3) is 0 Å². The average molecular weight is 264 g/mol. The van der Waals surface area contributed by atoms with Crippen molar-refractivity contribution in [2.75, 3.05) is 7.11 Å². The van der Waals surface area contributed by atoms with Crippen LogP contribution in [0.5, 0.6) is 11.6 Å². The lowest BCUT2D eigenvalue weighted by Gasteiger charge is -2.07. The van der Waals surface area contributed by atoms with Crippen LogP contribution in [0.25, 0.3) is 0 Å². The van der Waals surface area contributed by atoms with Gasteiger partial charge in [-0.25, -0.2) is 4.98 Å². The molecule has 0 aliphatic rings. The zero-order chi connectivity index (χ0) is 12.8. The quantitative estimate of drug-likeness (QED) is 0.770. The van der Waals surface area contributed by atoms with Gasteiger partial charge in [-0.05, 0) is 23.8 Å². The second-order valence-corrected chi connectivity index (χ2v) is 4.05. The van der Waals surface area contributed by atoms with Crippen molar-refractivity contribution < 1.29 is 9.47 Å². The van der Waals surface area contributed by atoms with Gasteiger partial charge in [-0.15, -0.1) is 11.6 Å². The van der Waals surface area contributed by atoms with Gasteiger partial charge in [0, 0.05) is 13.2 Å². The van der Waals surface area contributed by atoms with Crippen LogP contribution in [-0.4, -0.2) is 12.1 Å². The number of aromatic nitrogens is 1. The summed E-state index contributed by atoms with van der Waals surface area (Å²) in [7, 11) is 1.67. The molecular weight excluding hydrogens is 250 g/mol. The number of pyridine rings is 1. The Kier molecular flexibility index (Phi) is 4.56. The van der Waals surface area contributed by atoms with Crippen molar-refractivity contribution in [1.82, 2.24) is 4.98 Å². The fourth-order valence-electron chi connectivity index (χ4n) is 1.58. The summed E-state index contributed by atoms with van der Waals surface area (Å²) in [6.45, 7) is 0.562. The third kappa shape index (κ3) is 3.45. The molecule has 0 spiro atoms. The van der Waals surface area contributed by atoms with E-state index < -0.39 is 0 Å². The molecule has 94 valence electrons. The van der Waals surface area contributed by atoms with Gasteiger partial charge in [0.2, 0.25) is 5.88 Å². The lowest BCUT2D eigenvalue weighted by molar-refractivity contribution is 0.184. The Hall–Kier alpha value is -1.58. The lowest BCUT2D eigenvalue weighted by atomic mass is 10.2. The molecule has 0 atom stereocenters. The Bertz CT molecular complexity index is 517. The maximum absolute atomic E-state index is 5.73. The Balaban J connectivity index is 2.14. The number of rotatable bonds is 5. The summed E-state index contributed by atoms with van der Waals surface area (Å²) < 4.78 is 10.8. The molecule has 2 aromatic rings. The SMILES string of the molecule is COCc1cccc(Oc2cccc(CCl)n2)c1. The summed E-state index contributed by atoms with van der Waals surface area (Å²) in [5.74, 6) is 1.66. The summed E-state index contributed by atoms with van der Waals surface area (Å²) in [4.78, 5) is 4.28. The molecule has 0 radical (unpaired) electrons. The first-order chi connectivity index (χ1) is 8.81. The smallest absolute Gasteiger partial charge is 0.219 e. The van der Waals surface area contributed by atoms with Crippen molar-refractivity contribution in [3.05, 3.63) is 53.7 Å². The van der Waals surface area contributed by atoms with Gasteiger partial charge in [-0.3, -0.25) is 0 Å². The monoisotopic (exact) mass is 263 g/mol. The normalized spacial score (nSPS) is 10.3. The summed E-state index contributed by atoms with van der Waals surface area (Å²) in [6, 6.07) is 13.3. The summed E-state index contributed by atoms with van der Waals surface area (Å²) in [6.07, 6.45) is 0. The standard InChI is InChI=1S/C14H14ClNO2/c1-17-10-11-4-2-6-13(8-11)18-14-7-3-5-12(9-15)16-14/h2-8H,9-10H2,1H3. The van der Waals surface area contributed by atoms with Crippen LogP contribution in [0, 0.1) is 0 Å². The van der Waals surface area contributed by atoms with Gasteiger partial charge in [-0.2, -0.15) is 0 Å². The molecule has 3 nitrogen and oxygen atoms in total. The zero-order valence-corrected chi connectivity index (χ0v) is 10.9. The minimum atomic E-state index is 0.376. The number of halogens is 1. The molecular formula is C14H14ClNO2. The van der Waals surface area contributed by atoms with Crippen molar-refractivity contribution in [2.24, 2.45) is 0 Å². The van der Waals surface area contributed by atoms with Gasteiger partial charge in [0.05, 0.1) is 18.2 Å². The predicted molar refractivity (Wildman–Crippen MR) is 71.0 cm³/mol. The zero-order valence-electron chi connectivity index (χ0n) is 10.1. The Morgan fingerprint density at radius 1 is 1.17 bits per heavy atom. The first-order valence-corrected chi connectivity index (χ1v) is 6.13. The first kappa shape index (κ1) is 12.9. The van der Waals surface area contributed by atoms with Gasteiger partial charge in [-0.1, -0.05) is 18.2 Å². The van der Waals surface area contributed by atoms with Gasteiger partial charge < -0.3 is 9.47 Å². The molecule has 0 aliphatic heterocycles. The van der Waals surface area contributed by atoms with Crippen molar-refractivity contribution in [3.8, 4) is 11.6 Å². The number of hydrogen-bond acceptors (Lipinski definition) is 3. The third-order valence-electron chi connectivity index (χ3n) is 2.35. The molecule has 1 heterocycles. The van der Waals surface area contributed by atoms with Gasteiger partial charge >= 0.3 is 0 Å². The number of ether oxygens (including phenoxy) is 2. The molecule has 2 rings (SSSR count). The minimum absolute atomic E-state index is 0.376. The molecule has 4 heteroatoms. The van der Waals surface area contributed by atoms with Crippen molar-refractivity contribution >= 4 is 11.6 Å². The third-order valence-corrected chi connectivity index (χ3v) is 2.62. The molecule has 0 unspecified atom stereocenters. The van der Waals surface area contributed by atoms with Crippen LogP contribution in [0.15, 0.2) is 42.5 Å². The topological polar surface area (TPSA) is 31.4 Å². The van der Waals surface area contributed by atoms with Crippen molar-refractivity contribution in [2.45, 2.75) is 12.5 Å². The maximum Gasteiger partial charge on any atom is 0.219 e. The van der Waals surface area contributed by atoms with Crippen molar-refractivity contribution in [1.29, 1.82) is 0 Å². The number of methoxy groups -OCH3 is 1. The van der Waals surface area contributed by atoms with E-state index in [-0.39, 0.29) is 0 Å². The highest BCUT2D eigenvalue weighted by Crippen LogP contribution is 2.21. The van der Waals surface area contributed by atoms with Crippen molar-refractivity contribution in [3.63, 3.8) is 0 Å². The predicted octanol–water partition coefficient (Wildman–Crippen LogP) is 3.76. The molecule has 0 N–H and O–H groups in total. The van der Waals surface area contributed by atoms with Crippen LogP contribution >= 0.6 is 11.6 Å². The van der Waals surface area contributed by atoms with Crippen LogP contribution in [0.1, 0.15) is 11.3 Å². The van der Waals surface area contributed by atoms with E-state index >= 15 is 0 Å². The van der Waals surface area contributed by atoms with Crippen LogP contribution in [-0.2, 0) is 17.2 Å². The second-order valence-electron chi connectivity index (χ2n) is 3.78. The number of nitrogens with zero attached hydrogens (tertiary/aromatic N) is 1. The summed E-state index contributed by atoms with van der Waals surface area (Å²) in [5.41, 5.74) is 1.85. The van der Waals surface area contributed by atoms with Crippen LogP contribution in [0.3, 0.4) is 0 Å². The Morgan fingerprint density at radius 2 is 2.00 bits per heavy atom. The summed E-state index contributed by atoms with van der Waals surface area (Å²) in [5, 5.41) is 0. The van der Waals surface area contributed by atoms with E-state index in [1.807, 2.05) is 36.4 Å². The fourth-order valence-corrected chi connectivity index (χ4v) is 1.72. The molecule has 0 fully saturated rings. The fraction of sp³-hybridized carbons (Fsp3) is 0.214. The van der Waals surface area contributed by atoms with E-state index in [1.54, 1.807) is 13.2 Å². The number of benzene rings is 1. The van der Waals surface area contributed by atoms with E-state index in [2.05, 4.69) is 4.98 Å². The van der Waals surface area contributed by atoms with Crippen LogP contribution < -0.4 is 4.74 Å². The Morgan fingerprint density at radius 3 is 2.78 bits per heavy atom. The summed E-state index contributed by atoms with van der Waals surface area (Å²) >= 11 is 5.73. The van der Waals surface area contributed by atoms with Gasteiger partial charge in [0.1, 0.15) is 5.75 Å². The van der Waals surface area contributed by atoms with E-state index in [1.165, 1.54) is 0 Å². The lowest BCUT2D eigenvalue weighted by Crippen LogP contribution is -1.92. The van der Waals surface area contributed by atoms with E-state index in [0.717, 1.165) is 17.0 Å². The van der Waals surface area contributed by atoms with Crippen LogP contribution in [0.4, 0.5) is 0 Å². The van der Waals surface area contributed by atoms with E-state index in [4.69, 9.17) is 21.1 Å². The molecule has 1 aromatic carbocycles. The van der Waals surface area contributed by atoms with Gasteiger partial charge in [0.15, 0.2) is 0 Å². The molecule has 18 heavy (non-hydrogen) atoms. The van der Waals surface area contributed by atoms with Crippen LogP contribution in [0.2, 0.25) is 0 Å². The molecule has 0 bridgehead atoms. The Labute approximate surface area is 111 Å². The number of hydrogen-bond donors (Lipinski definition) is 0. The molecule has 0 saturated heterocycles. The molecule has 0 amide bonds. The second kappa shape index (κ2) is 6.38. The number of alkyl halides is 1. The average Bonchev–Trinajstić information content (AvgIpc) is 2.40. The first-order valence-electron chi connectivity index (χ1n) is 5.59. The molecule has 0 saturated carbocycles. The largest absolute Gasteiger partial charge is 0.439 e. The highest BCUT2D eigenvalue weighted by Gasteiger charge is 2.01. The van der Waals surface area contributed by atoms with E-state index in [0.29, 0.717) is 18.4 Å². The highest BCUT2D eigenvalue weighted by atomic mass is 35.5. The molecule has 1 aromatic heterocycles.